The molecule has 0 radical (unpaired) electrons. The number of thiazole rings is 1. The third-order valence-corrected chi connectivity index (χ3v) is 7.03. The number of methoxy groups -OCH3 is 1. The van der Waals surface area contributed by atoms with Crippen molar-refractivity contribution in [3.8, 4) is 0 Å². The molecular formula is C21H31N5OS2. The number of hydrogen-bond donors (Lipinski definition) is 2. The van der Waals surface area contributed by atoms with E-state index in [2.05, 4.69) is 37.1 Å². The molecule has 0 unspecified atom stereocenters. The Morgan fingerprint density at radius 2 is 2.07 bits per heavy atom. The van der Waals surface area contributed by atoms with Crippen LogP contribution < -0.4 is 11.1 Å². The third kappa shape index (κ3) is 5.51. The Balaban J connectivity index is 1.91. The first kappa shape index (κ1) is 22.1. The van der Waals surface area contributed by atoms with Gasteiger partial charge in [0.25, 0.3) is 0 Å². The molecule has 1 aliphatic rings. The normalized spacial score (nSPS) is 13.9. The van der Waals surface area contributed by atoms with Crippen molar-refractivity contribution in [2.75, 3.05) is 37.1 Å². The summed E-state index contributed by atoms with van der Waals surface area (Å²) in [7, 11) is 1.76. The zero-order valence-electron chi connectivity index (χ0n) is 17.6. The summed E-state index contributed by atoms with van der Waals surface area (Å²) in [5.41, 5.74) is 8.82. The number of nitrogens with zero attached hydrogens (tertiary/aromatic N) is 3. The molecular weight excluding hydrogens is 402 g/mol. The number of anilines is 2. The van der Waals surface area contributed by atoms with E-state index in [1.54, 1.807) is 18.4 Å². The van der Waals surface area contributed by atoms with Crippen LogP contribution >= 0.6 is 23.1 Å². The summed E-state index contributed by atoms with van der Waals surface area (Å²) in [4.78, 5) is 12.3. The SMILES string of the molecule is CO[C@@H](C)CCSCN(CCN)C1=Nc2ccccc2Nc2sc(C(C)C)nc21. The van der Waals surface area contributed by atoms with Crippen LogP contribution in [0.3, 0.4) is 0 Å². The van der Waals surface area contributed by atoms with Crippen molar-refractivity contribution in [2.24, 2.45) is 10.7 Å². The summed E-state index contributed by atoms with van der Waals surface area (Å²) in [6, 6.07) is 8.15. The van der Waals surface area contributed by atoms with E-state index in [1.807, 2.05) is 30.0 Å². The molecule has 1 aliphatic heterocycles. The van der Waals surface area contributed by atoms with E-state index in [1.165, 1.54) is 0 Å². The average Bonchev–Trinajstić information content (AvgIpc) is 3.07. The van der Waals surface area contributed by atoms with Gasteiger partial charge < -0.3 is 20.7 Å². The van der Waals surface area contributed by atoms with Crippen LogP contribution in [0.15, 0.2) is 29.3 Å². The minimum atomic E-state index is 0.274. The number of rotatable bonds is 9. The van der Waals surface area contributed by atoms with Crippen molar-refractivity contribution in [2.45, 2.75) is 39.2 Å². The van der Waals surface area contributed by atoms with E-state index < -0.39 is 0 Å². The molecule has 1 atom stereocenters. The Bertz CT molecular complexity index is 836. The predicted octanol–water partition coefficient (Wildman–Crippen LogP) is 4.78. The molecule has 0 bridgehead atoms. The van der Waals surface area contributed by atoms with Gasteiger partial charge in [0.05, 0.1) is 28.4 Å². The molecule has 0 aliphatic carbocycles. The summed E-state index contributed by atoms with van der Waals surface area (Å²) in [5.74, 6) is 3.12. The Hall–Kier alpha value is -1.61. The molecule has 29 heavy (non-hydrogen) atoms. The minimum Gasteiger partial charge on any atom is -0.382 e. The first-order valence-electron chi connectivity index (χ1n) is 10.0. The lowest BCUT2D eigenvalue weighted by Gasteiger charge is -2.24. The van der Waals surface area contributed by atoms with Crippen molar-refractivity contribution in [3.05, 3.63) is 35.0 Å². The van der Waals surface area contributed by atoms with Gasteiger partial charge in [0, 0.05) is 26.1 Å². The zero-order valence-corrected chi connectivity index (χ0v) is 19.3. The fraction of sp³-hybridized carbons (Fsp3) is 0.524. The quantitative estimate of drug-likeness (QED) is 0.438. The van der Waals surface area contributed by atoms with Crippen molar-refractivity contribution in [1.29, 1.82) is 0 Å². The zero-order chi connectivity index (χ0) is 20.8. The van der Waals surface area contributed by atoms with Gasteiger partial charge in [-0.25, -0.2) is 9.98 Å². The van der Waals surface area contributed by atoms with Crippen LogP contribution in [0.4, 0.5) is 16.4 Å². The van der Waals surface area contributed by atoms with Gasteiger partial charge in [0.15, 0.2) is 5.84 Å². The smallest absolute Gasteiger partial charge is 0.159 e. The second kappa shape index (κ2) is 10.4. The average molecular weight is 434 g/mol. The molecule has 0 saturated heterocycles. The number of nitrogens with two attached hydrogens (primary N) is 1. The molecule has 0 spiro atoms. The van der Waals surface area contributed by atoms with Crippen molar-refractivity contribution < 1.29 is 4.74 Å². The van der Waals surface area contributed by atoms with Crippen LogP contribution in [0.25, 0.3) is 0 Å². The van der Waals surface area contributed by atoms with E-state index in [0.717, 1.165) is 57.5 Å². The van der Waals surface area contributed by atoms with Crippen molar-refractivity contribution >= 4 is 45.3 Å². The molecule has 6 nitrogen and oxygen atoms in total. The summed E-state index contributed by atoms with van der Waals surface area (Å²) in [5, 5.41) is 5.72. The Morgan fingerprint density at radius 3 is 2.79 bits per heavy atom. The van der Waals surface area contributed by atoms with Crippen molar-refractivity contribution in [3.63, 3.8) is 0 Å². The second-order valence-corrected chi connectivity index (χ2v) is 9.49. The lowest BCUT2D eigenvalue weighted by Crippen LogP contribution is -2.36. The highest BCUT2D eigenvalue weighted by Crippen LogP contribution is 2.39. The van der Waals surface area contributed by atoms with E-state index >= 15 is 0 Å². The molecule has 2 heterocycles. The molecule has 0 fully saturated rings. The number of amidine groups is 1. The number of hydrogen-bond acceptors (Lipinski definition) is 8. The number of thioether (sulfide) groups is 1. The molecule has 3 rings (SSSR count). The van der Waals surface area contributed by atoms with Crippen LogP contribution in [-0.4, -0.2) is 53.7 Å². The van der Waals surface area contributed by atoms with Crippen LogP contribution in [0, 0.1) is 0 Å². The predicted molar refractivity (Wildman–Crippen MR) is 126 cm³/mol. The first-order valence-corrected chi connectivity index (χ1v) is 12.0. The minimum absolute atomic E-state index is 0.274. The lowest BCUT2D eigenvalue weighted by molar-refractivity contribution is 0.116. The van der Waals surface area contributed by atoms with E-state index in [-0.39, 0.29) is 6.10 Å². The number of fused-ring (bicyclic) bond motifs is 2. The Kier molecular flexibility index (Phi) is 7.94. The van der Waals surface area contributed by atoms with Crippen molar-refractivity contribution in [1.82, 2.24) is 9.88 Å². The molecule has 1 aromatic heterocycles. The van der Waals surface area contributed by atoms with Crippen LogP contribution in [-0.2, 0) is 4.74 Å². The number of nitrogens with one attached hydrogen (secondary N) is 1. The fourth-order valence-electron chi connectivity index (χ4n) is 2.94. The van der Waals surface area contributed by atoms with Gasteiger partial charge >= 0.3 is 0 Å². The van der Waals surface area contributed by atoms with Gasteiger partial charge in [-0.2, -0.15) is 0 Å². The molecule has 0 amide bonds. The highest BCUT2D eigenvalue weighted by Gasteiger charge is 2.26. The van der Waals surface area contributed by atoms with E-state index in [0.29, 0.717) is 12.5 Å². The summed E-state index contributed by atoms with van der Waals surface area (Å²) in [6.07, 6.45) is 1.30. The molecule has 8 heteroatoms. The number of para-hydroxylation sites is 2. The standard InChI is InChI=1S/C21H31N5OS2/c1-14(2)20-25-18-19(26(11-10-22)13-28-12-9-15(3)27-4)23-16-7-5-6-8-17(16)24-21(18)29-20/h5-8,14-15,24H,9-13,22H2,1-4H3/t15-/m0/s1. The second-order valence-electron chi connectivity index (χ2n) is 7.39. The highest BCUT2D eigenvalue weighted by atomic mass is 32.2. The van der Waals surface area contributed by atoms with Gasteiger partial charge in [0.2, 0.25) is 0 Å². The van der Waals surface area contributed by atoms with Gasteiger partial charge in [-0.3, -0.25) is 0 Å². The largest absolute Gasteiger partial charge is 0.382 e. The van der Waals surface area contributed by atoms with Gasteiger partial charge in [-0.05, 0) is 31.2 Å². The Labute approximate surface area is 182 Å². The molecule has 0 saturated carbocycles. The molecule has 3 N–H and O–H groups in total. The number of aromatic nitrogens is 1. The summed E-state index contributed by atoms with van der Waals surface area (Å²) < 4.78 is 5.36. The number of aliphatic imine (C=N–C) groups is 1. The fourth-order valence-corrected chi connectivity index (χ4v) is 5.01. The number of ether oxygens (including phenoxy) is 1. The van der Waals surface area contributed by atoms with Gasteiger partial charge in [-0.15, -0.1) is 23.1 Å². The summed E-state index contributed by atoms with van der Waals surface area (Å²) >= 11 is 3.59. The van der Waals surface area contributed by atoms with Crippen LogP contribution in [0.5, 0.6) is 0 Å². The first-order chi connectivity index (χ1) is 14.0. The molecule has 1 aromatic carbocycles. The summed E-state index contributed by atoms with van der Waals surface area (Å²) in [6.45, 7) is 7.76. The van der Waals surface area contributed by atoms with Crippen LogP contribution in [0.2, 0.25) is 0 Å². The maximum Gasteiger partial charge on any atom is 0.159 e. The lowest BCUT2D eigenvalue weighted by atomic mass is 10.2. The third-order valence-electron chi connectivity index (χ3n) is 4.74. The van der Waals surface area contributed by atoms with Crippen LogP contribution in [0.1, 0.15) is 43.8 Å². The topological polar surface area (TPSA) is 75.8 Å². The van der Waals surface area contributed by atoms with E-state index in [9.17, 15) is 0 Å². The molecule has 158 valence electrons. The molecule has 2 aromatic rings. The maximum absolute atomic E-state index is 5.96. The highest BCUT2D eigenvalue weighted by molar-refractivity contribution is 7.99. The van der Waals surface area contributed by atoms with Gasteiger partial charge in [0.1, 0.15) is 10.7 Å². The van der Waals surface area contributed by atoms with Gasteiger partial charge in [-0.1, -0.05) is 26.0 Å². The number of benzene rings is 1. The Morgan fingerprint density at radius 1 is 1.28 bits per heavy atom. The monoisotopic (exact) mass is 433 g/mol. The maximum atomic E-state index is 5.96. The van der Waals surface area contributed by atoms with E-state index in [4.69, 9.17) is 20.4 Å².